The van der Waals surface area contributed by atoms with Gasteiger partial charge in [-0.2, -0.15) is 0 Å². The van der Waals surface area contributed by atoms with Crippen molar-refractivity contribution in [2.24, 2.45) is 0 Å². The van der Waals surface area contributed by atoms with E-state index in [0.717, 1.165) is 28.2 Å². The van der Waals surface area contributed by atoms with Gasteiger partial charge in [-0.1, -0.05) is 66.7 Å². The van der Waals surface area contributed by atoms with E-state index >= 15 is 0 Å². The summed E-state index contributed by atoms with van der Waals surface area (Å²) in [7, 11) is 0. The second-order valence-corrected chi connectivity index (χ2v) is 5.61. The number of allylic oxidation sites excluding steroid dienone is 1. The van der Waals surface area contributed by atoms with Crippen LogP contribution in [0.1, 0.15) is 12.5 Å². The first-order valence-electron chi connectivity index (χ1n) is 7.89. The maximum Gasteiger partial charge on any atom is 0.230 e. The fourth-order valence-electron chi connectivity index (χ4n) is 2.39. The van der Waals surface area contributed by atoms with Gasteiger partial charge in [-0.15, -0.1) is 0 Å². The molecule has 2 heteroatoms. The molecule has 0 atom stereocenters. The average molecular weight is 316 g/mol. The standard InChI is InChI=1S/C22H20O2/c1-17(2)20-9-6-10-22(15-20)24-16-23-21-13-11-19(12-14-21)18-7-4-3-5-8-18/h3-15H,1,16H2,2H3. The Bertz CT molecular complexity index is 805. The van der Waals surface area contributed by atoms with Crippen molar-refractivity contribution in [3.8, 4) is 22.6 Å². The van der Waals surface area contributed by atoms with Crippen LogP contribution in [0.5, 0.6) is 11.5 Å². The van der Waals surface area contributed by atoms with Crippen LogP contribution >= 0.6 is 0 Å². The molecule has 0 saturated carbocycles. The number of hydrogen-bond acceptors (Lipinski definition) is 2. The van der Waals surface area contributed by atoms with E-state index in [1.165, 1.54) is 5.56 Å². The van der Waals surface area contributed by atoms with Crippen LogP contribution in [0.3, 0.4) is 0 Å². The van der Waals surface area contributed by atoms with Crippen LogP contribution in [0, 0.1) is 0 Å². The van der Waals surface area contributed by atoms with Gasteiger partial charge in [-0.3, -0.25) is 0 Å². The summed E-state index contributed by atoms with van der Waals surface area (Å²) in [4.78, 5) is 0. The van der Waals surface area contributed by atoms with Gasteiger partial charge >= 0.3 is 0 Å². The van der Waals surface area contributed by atoms with Crippen molar-refractivity contribution in [1.82, 2.24) is 0 Å². The number of benzene rings is 3. The zero-order valence-corrected chi connectivity index (χ0v) is 13.7. The highest BCUT2D eigenvalue weighted by molar-refractivity contribution is 5.64. The van der Waals surface area contributed by atoms with E-state index in [9.17, 15) is 0 Å². The van der Waals surface area contributed by atoms with Crippen molar-refractivity contribution in [2.45, 2.75) is 6.92 Å². The lowest BCUT2D eigenvalue weighted by Crippen LogP contribution is -2.05. The minimum atomic E-state index is 0.171. The van der Waals surface area contributed by atoms with Gasteiger partial charge in [-0.05, 0) is 47.9 Å². The lowest BCUT2D eigenvalue weighted by Gasteiger charge is -2.10. The van der Waals surface area contributed by atoms with Crippen LogP contribution in [0.25, 0.3) is 16.7 Å². The lowest BCUT2D eigenvalue weighted by molar-refractivity contribution is 0.120. The summed E-state index contributed by atoms with van der Waals surface area (Å²) >= 11 is 0. The minimum Gasteiger partial charge on any atom is -0.458 e. The van der Waals surface area contributed by atoms with Crippen molar-refractivity contribution in [1.29, 1.82) is 0 Å². The van der Waals surface area contributed by atoms with Crippen LogP contribution in [0.4, 0.5) is 0 Å². The second kappa shape index (κ2) is 7.51. The number of rotatable bonds is 6. The third-order valence-corrected chi connectivity index (χ3v) is 3.74. The normalized spacial score (nSPS) is 10.2. The molecule has 0 aliphatic carbocycles. The van der Waals surface area contributed by atoms with Crippen molar-refractivity contribution >= 4 is 5.57 Å². The van der Waals surface area contributed by atoms with Crippen LogP contribution in [-0.4, -0.2) is 6.79 Å². The van der Waals surface area contributed by atoms with E-state index in [-0.39, 0.29) is 6.79 Å². The van der Waals surface area contributed by atoms with Gasteiger partial charge < -0.3 is 9.47 Å². The maximum absolute atomic E-state index is 5.66. The third-order valence-electron chi connectivity index (χ3n) is 3.74. The molecule has 0 aliphatic rings. The average Bonchev–Trinajstić information content (AvgIpc) is 2.63. The first-order chi connectivity index (χ1) is 11.7. The Balaban J connectivity index is 1.57. The van der Waals surface area contributed by atoms with Crippen molar-refractivity contribution in [3.63, 3.8) is 0 Å². The molecule has 0 aliphatic heterocycles. The molecule has 3 aromatic rings. The van der Waals surface area contributed by atoms with Crippen LogP contribution in [-0.2, 0) is 0 Å². The van der Waals surface area contributed by atoms with E-state index in [2.05, 4.69) is 18.7 Å². The van der Waals surface area contributed by atoms with E-state index in [4.69, 9.17) is 9.47 Å². The Hall–Kier alpha value is -3.00. The predicted molar refractivity (Wildman–Crippen MR) is 99.2 cm³/mol. The van der Waals surface area contributed by atoms with Gasteiger partial charge in [0.05, 0.1) is 0 Å². The Kier molecular flexibility index (Phi) is 4.97. The highest BCUT2D eigenvalue weighted by Crippen LogP contribution is 2.22. The second-order valence-electron chi connectivity index (χ2n) is 5.61. The number of ether oxygens (including phenoxy) is 2. The molecule has 0 unspecified atom stereocenters. The van der Waals surface area contributed by atoms with Crippen molar-refractivity contribution < 1.29 is 9.47 Å². The molecule has 0 radical (unpaired) electrons. The molecular weight excluding hydrogens is 296 g/mol. The Morgan fingerprint density at radius 3 is 2.12 bits per heavy atom. The molecule has 0 aromatic heterocycles. The van der Waals surface area contributed by atoms with Gasteiger partial charge in [0.25, 0.3) is 0 Å². The van der Waals surface area contributed by atoms with Crippen molar-refractivity contribution in [3.05, 3.63) is 91.0 Å². The Morgan fingerprint density at radius 1 is 0.750 bits per heavy atom. The summed E-state index contributed by atoms with van der Waals surface area (Å²) < 4.78 is 11.3. The molecule has 24 heavy (non-hydrogen) atoms. The topological polar surface area (TPSA) is 18.5 Å². The molecule has 0 heterocycles. The summed E-state index contributed by atoms with van der Waals surface area (Å²) in [5.74, 6) is 1.56. The van der Waals surface area contributed by atoms with Crippen molar-refractivity contribution in [2.75, 3.05) is 6.79 Å². The highest BCUT2D eigenvalue weighted by Gasteiger charge is 2.00. The molecule has 120 valence electrons. The first-order valence-corrected chi connectivity index (χ1v) is 7.89. The van der Waals surface area contributed by atoms with Gasteiger partial charge in [-0.25, -0.2) is 0 Å². The summed E-state index contributed by atoms with van der Waals surface area (Å²) in [5.41, 5.74) is 4.44. The molecule has 2 nitrogen and oxygen atoms in total. The van der Waals surface area contributed by atoms with Crippen LogP contribution in [0.15, 0.2) is 85.4 Å². The molecule has 3 rings (SSSR count). The molecule has 0 N–H and O–H groups in total. The van der Waals surface area contributed by atoms with Crippen LogP contribution < -0.4 is 9.47 Å². The minimum absolute atomic E-state index is 0.171. The fourth-order valence-corrected chi connectivity index (χ4v) is 2.39. The smallest absolute Gasteiger partial charge is 0.230 e. The largest absolute Gasteiger partial charge is 0.458 e. The number of hydrogen-bond donors (Lipinski definition) is 0. The molecule has 3 aromatic carbocycles. The summed E-state index contributed by atoms with van der Waals surface area (Å²) in [5, 5.41) is 0. The summed E-state index contributed by atoms with van der Waals surface area (Å²) in [6.45, 7) is 6.09. The van der Waals surface area contributed by atoms with Crippen LogP contribution in [0.2, 0.25) is 0 Å². The van der Waals surface area contributed by atoms with Gasteiger partial charge in [0.1, 0.15) is 11.5 Å². The molecular formula is C22H20O2. The maximum atomic E-state index is 5.66. The van der Waals surface area contributed by atoms with Gasteiger partial charge in [0, 0.05) is 0 Å². The monoisotopic (exact) mass is 316 g/mol. The molecule has 0 spiro atoms. The molecule has 0 fully saturated rings. The quantitative estimate of drug-likeness (QED) is 0.535. The van der Waals surface area contributed by atoms with E-state index in [1.807, 2.05) is 73.7 Å². The summed E-state index contributed by atoms with van der Waals surface area (Å²) in [6.07, 6.45) is 0. The SMILES string of the molecule is C=C(C)c1cccc(OCOc2ccc(-c3ccccc3)cc2)c1. The zero-order valence-electron chi connectivity index (χ0n) is 13.7. The molecule has 0 amide bonds. The Labute approximate surface area is 143 Å². The zero-order chi connectivity index (χ0) is 16.8. The van der Waals surface area contributed by atoms with E-state index < -0.39 is 0 Å². The van der Waals surface area contributed by atoms with E-state index in [1.54, 1.807) is 0 Å². The third kappa shape index (κ3) is 4.05. The highest BCUT2D eigenvalue weighted by atomic mass is 16.7. The first kappa shape index (κ1) is 15.9. The predicted octanol–water partition coefficient (Wildman–Crippen LogP) is 5.80. The van der Waals surface area contributed by atoms with Gasteiger partial charge in [0.2, 0.25) is 6.79 Å². The molecule has 0 saturated heterocycles. The molecule has 0 bridgehead atoms. The van der Waals surface area contributed by atoms with Gasteiger partial charge in [0.15, 0.2) is 0 Å². The Morgan fingerprint density at radius 2 is 1.42 bits per heavy atom. The lowest BCUT2D eigenvalue weighted by atomic mass is 10.1. The summed E-state index contributed by atoms with van der Waals surface area (Å²) in [6, 6.07) is 26.1. The fraction of sp³-hybridized carbons (Fsp3) is 0.0909. The van der Waals surface area contributed by atoms with E-state index in [0.29, 0.717) is 0 Å².